The van der Waals surface area contributed by atoms with Crippen LogP contribution in [0.4, 0.5) is 4.39 Å². The number of hydrogen-bond acceptors (Lipinski definition) is 1. The van der Waals surface area contributed by atoms with Gasteiger partial charge < -0.3 is 5.32 Å². The van der Waals surface area contributed by atoms with E-state index in [1.54, 1.807) is 12.1 Å². The minimum absolute atomic E-state index is 0.107. The van der Waals surface area contributed by atoms with Gasteiger partial charge in [0.15, 0.2) is 0 Å². The summed E-state index contributed by atoms with van der Waals surface area (Å²) in [7, 11) is 0. The molecule has 4 heteroatoms. The highest BCUT2D eigenvalue weighted by Gasteiger charge is 2.04. The van der Waals surface area contributed by atoms with E-state index in [2.05, 4.69) is 5.32 Å². The summed E-state index contributed by atoms with van der Waals surface area (Å²) in [5.74, 6) is -0.232. The Morgan fingerprint density at radius 2 is 2.07 bits per heavy atom. The standard InChI is InChI=1S/C11H12Cl2FN/c1-8(15-7-10(13)6-12)9-2-4-11(14)5-3-9/h2-6,8,15H,7H2,1H3/b10-6-/t8-/m0/s1. The van der Waals surface area contributed by atoms with E-state index in [1.807, 2.05) is 6.92 Å². The maximum absolute atomic E-state index is 12.7. The normalized spacial score (nSPS) is 14.0. The number of hydrogen-bond donors (Lipinski definition) is 1. The van der Waals surface area contributed by atoms with Gasteiger partial charge in [0.1, 0.15) is 5.82 Å². The van der Waals surface area contributed by atoms with Crippen LogP contribution in [-0.4, -0.2) is 6.54 Å². The minimum atomic E-state index is -0.232. The quantitative estimate of drug-likeness (QED) is 0.854. The molecule has 0 aliphatic rings. The van der Waals surface area contributed by atoms with Gasteiger partial charge in [-0.2, -0.15) is 0 Å². The zero-order valence-corrected chi connectivity index (χ0v) is 9.82. The highest BCUT2D eigenvalue weighted by molar-refractivity contribution is 6.36. The van der Waals surface area contributed by atoms with E-state index in [4.69, 9.17) is 23.2 Å². The molecule has 0 aliphatic heterocycles. The molecule has 1 aromatic rings. The Morgan fingerprint density at radius 1 is 1.47 bits per heavy atom. The van der Waals surface area contributed by atoms with Crippen LogP contribution in [0.3, 0.4) is 0 Å². The minimum Gasteiger partial charge on any atom is -0.305 e. The average Bonchev–Trinajstić information content (AvgIpc) is 2.26. The molecule has 15 heavy (non-hydrogen) atoms. The van der Waals surface area contributed by atoms with Crippen LogP contribution >= 0.6 is 23.2 Å². The van der Waals surface area contributed by atoms with Gasteiger partial charge in [0.25, 0.3) is 0 Å². The molecule has 0 unspecified atom stereocenters. The van der Waals surface area contributed by atoms with Gasteiger partial charge in [-0.3, -0.25) is 0 Å². The van der Waals surface area contributed by atoms with Crippen molar-refractivity contribution in [3.63, 3.8) is 0 Å². The maximum atomic E-state index is 12.7. The molecule has 1 nitrogen and oxygen atoms in total. The molecule has 0 spiro atoms. The van der Waals surface area contributed by atoms with Crippen LogP contribution in [-0.2, 0) is 0 Å². The predicted octanol–water partition coefficient (Wildman–Crippen LogP) is 3.80. The van der Waals surface area contributed by atoms with Gasteiger partial charge in [0, 0.05) is 23.2 Å². The fourth-order valence-electron chi connectivity index (χ4n) is 1.16. The summed E-state index contributed by atoms with van der Waals surface area (Å²) >= 11 is 11.1. The zero-order chi connectivity index (χ0) is 11.3. The second kappa shape index (κ2) is 6.11. The van der Waals surface area contributed by atoms with Crippen LogP contribution in [0.15, 0.2) is 34.8 Å². The van der Waals surface area contributed by atoms with Crippen molar-refractivity contribution in [1.29, 1.82) is 0 Å². The first-order valence-electron chi connectivity index (χ1n) is 4.57. The molecule has 0 aromatic heterocycles. The lowest BCUT2D eigenvalue weighted by molar-refractivity contribution is 0.603. The number of nitrogens with one attached hydrogen (secondary N) is 1. The third-order valence-electron chi connectivity index (χ3n) is 2.07. The summed E-state index contributed by atoms with van der Waals surface area (Å²) in [5, 5.41) is 3.71. The lowest BCUT2D eigenvalue weighted by atomic mass is 10.1. The fraction of sp³-hybridized carbons (Fsp3) is 0.273. The molecule has 82 valence electrons. The first-order chi connectivity index (χ1) is 7.13. The summed E-state index contributed by atoms with van der Waals surface area (Å²) in [4.78, 5) is 0. The van der Waals surface area contributed by atoms with Gasteiger partial charge in [-0.25, -0.2) is 4.39 Å². The molecule has 1 atom stereocenters. The Labute approximate surface area is 98.9 Å². The highest BCUT2D eigenvalue weighted by atomic mass is 35.5. The van der Waals surface area contributed by atoms with Gasteiger partial charge in [-0.15, -0.1) is 0 Å². The fourth-order valence-corrected chi connectivity index (χ4v) is 1.31. The van der Waals surface area contributed by atoms with Crippen molar-refractivity contribution in [3.8, 4) is 0 Å². The van der Waals surface area contributed by atoms with Crippen LogP contribution in [0.2, 0.25) is 0 Å². The van der Waals surface area contributed by atoms with Crippen molar-refractivity contribution in [1.82, 2.24) is 5.32 Å². The third kappa shape index (κ3) is 4.20. The van der Waals surface area contributed by atoms with Crippen LogP contribution in [0.1, 0.15) is 18.5 Å². The van der Waals surface area contributed by atoms with Crippen molar-refractivity contribution >= 4 is 23.2 Å². The van der Waals surface area contributed by atoms with E-state index in [0.717, 1.165) is 5.56 Å². The molecule has 0 bridgehead atoms. The average molecular weight is 248 g/mol. The molecule has 1 N–H and O–H groups in total. The maximum Gasteiger partial charge on any atom is 0.123 e. The van der Waals surface area contributed by atoms with E-state index < -0.39 is 0 Å². The van der Waals surface area contributed by atoms with Gasteiger partial charge in [0.2, 0.25) is 0 Å². The lowest BCUT2D eigenvalue weighted by Crippen LogP contribution is -2.19. The van der Waals surface area contributed by atoms with Gasteiger partial charge in [-0.1, -0.05) is 35.3 Å². The van der Waals surface area contributed by atoms with Crippen LogP contribution in [0, 0.1) is 5.82 Å². The molecule has 0 aliphatic carbocycles. The summed E-state index contributed by atoms with van der Waals surface area (Å²) in [5.41, 5.74) is 2.34. The molecule has 0 fully saturated rings. The van der Waals surface area contributed by atoms with Crippen molar-refractivity contribution in [2.24, 2.45) is 0 Å². The smallest absolute Gasteiger partial charge is 0.123 e. The first kappa shape index (κ1) is 12.5. The monoisotopic (exact) mass is 247 g/mol. The molecular weight excluding hydrogens is 236 g/mol. The summed E-state index contributed by atoms with van der Waals surface area (Å²) in [6, 6.07) is 6.46. The Kier molecular flexibility index (Phi) is 5.09. The molecule has 0 amide bonds. The van der Waals surface area contributed by atoms with Gasteiger partial charge >= 0.3 is 0 Å². The van der Waals surface area contributed by atoms with Crippen molar-refractivity contribution in [2.45, 2.75) is 13.0 Å². The molecule has 0 saturated carbocycles. The van der Waals surface area contributed by atoms with Crippen molar-refractivity contribution < 1.29 is 4.39 Å². The van der Waals surface area contributed by atoms with Gasteiger partial charge in [-0.05, 0) is 24.6 Å². The van der Waals surface area contributed by atoms with Gasteiger partial charge in [0.05, 0.1) is 0 Å². The van der Waals surface area contributed by atoms with E-state index in [1.165, 1.54) is 17.7 Å². The molecule has 0 saturated heterocycles. The Morgan fingerprint density at radius 3 is 2.60 bits per heavy atom. The number of rotatable bonds is 4. The van der Waals surface area contributed by atoms with Crippen LogP contribution < -0.4 is 5.32 Å². The molecule has 0 heterocycles. The Bertz CT molecular complexity index is 335. The Balaban J connectivity index is 2.53. The van der Waals surface area contributed by atoms with Crippen LogP contribution in [0.5, 0.6) is 0 Å². The number of halogens is 3. The summed E-state index contributed by atoms with van der Waals surface area (Å²) < 4.78 is 12.7. The highest BCUT2D eigenvalue weighted by Crippen LogP contribution is 2.13. The predicted molar refractivity (Wildman–Crippen MR) is 62.6 cm³/mol. The Hall–Kier alpha value is -0.570. The first-order valence-corrected chi connectivity index (χ1v) is 5.38. The number of benzene rings is 1. The lowest BCUT2D eigenvalue weighted by Gasteiger charge is -2.13. The zero-order valence-electron chi connectivity index (χ0n) is 8.31. The van der Waals surface area contributed by atoms with Crippen LogP contribution in [0.25, 0.3) is 0 Å². The molecular formula is C11H12Cl2FN. The molecule has 1 rings (SSSR count). The van der Waals surface area contributed by atoms with E-state index in [0.29, 0.717) is 11.6 Å². The summed E-state index contributed by atoms with van der Waals surface area (Å²) in [6.07, 6.45) is 0. The van der Waals surface area contributed by atoms with E-state index in [-0.39, 0.29) is 11.9 Å². The second-order valence-electron chi connectivity index (χ2n) is 3.21. The largest absolute Gasteiger partial charge is 0.305 e. The van der Waals surface area contributed by atoms with E-state index in [9.17, 15) is 4.39 Å². The van der Waals surface area contributed by atoms with E-state index >= 15 is 0 Å². The topological polar surface area (TPSA) is 12.0 Å². The molecule has 1 aromatic carbocycles. The molecule has 0 radical (unpaired) electrons. The SMILES string of the molecule is C[C@H](NC/C(Cl)=C/Cl)c1ccc(F)cc1. The second-order valence-corrected chi connectivity index (χ2v) is 3.91. The third-order valence-corrected chi connectivity index (χ3v) is 2.68. The summed E-state index contributed by atoms with van der Waals surface area (Å²) in [6.45, 7) is 2.48. The van der Waals surface area contributed by atoms with Crippen molar-refractivity contribution in [2.75, 3.05) is 6.54 Å². The van der Waals surface area contributed by atoms with Crippen molar-refractivity contribution in [3.05, 3.63) is 46.2 Å².